The van der Waals surface area contributed by atoms with Crippen molar-refractivity contribution in [3.8, 4) is 0 Å². The van der Waals surface area contributed by atoms with Crippen molar-refractivity contribution in [1.82, 2.24) is 0 Å². The molecular weight excluding hydrogens is 157 g/mol. The molecule has 0 nitrogen and oxygen atoms in total. The van der Waals surface area contributed by atoms with Gasteiger partial charge in [0.05, 0.1) is 0 Å². The molecule has 0 aromatic rings. The quantitative estimate of drug-likeness (QED) is 0.567. The van der Waals surface area contributed by atoms with Gasteiger partial charge in [0.1, 0.15) is 0 Å². The van der Waals surface area contributed by atoms with E-state index in [4.69, 9.17) is 0 Å². The Labute approximate surface area is 58.7 Å². The second-order valence-electron chi connectivity index (χ2n) is 2.19. The van der Waals surface area contributed by atoms with Crippen molar-refractivity contribution in [2.24, 2.45) is 0 Å². The molecular formula is C7H15Ge. The van der Waals surface area contributed by atoms with Gasteiger partial charge in [-0.15, -0.1) is 0 Å². The summed E-state index contributed by atoms with van der Waals surface area (Å²) in [6.07, 6.45) is 2.75. The van der Waals surface area contributed by atoms with Crippen LogP contribution in [0.1, 0.15) is 26.7 Å². The zero-order valence-electron chi connectivity index (χ0n) is 5.85. The van der Waals surface area contributed by atoms with Crippen LogP contribution in [0.2, 0.25) is 4.75 Å². The van der Waals surface area contributed by atoms with Crippen LogP contribution in [-0.2, 0) is 0 Å². The van der Waals surface area contributed by atoms with E-state index in [0.29, 0.717) is 0 Å². The van der Waals surface area contributed by atoms with Crippen molar-refractivity contribution in [1.29, 1.82) is 0 Å². The summed E-state index contributed by atoms with van der Waals surface area (Å²) in [6.45, 7) is 8.34. The Morgan fingerprint density at radius 2 is 2.38 bits per heavy atom. The van der Waals surface area contributed by atoms with E-state index >= 15 is 0 Å². The van der Waals surface area contributed by atoms with Gasteiger partial charge in [0.25, 0.3) is 0 Å². The van der Waals surface area contributed by atoms with Crippen LogP contribution < -0.4 is 0 Å². The third kappa shape index (κ3) is 4.57. The van der Waals surface area contributed by atoms with Gasteiger partial charge in [0.2, 0.25) is 0 Å². The molecule has 0 bridgehead atoms. The van der Waals surface area contributed by atoms with Crippen molar-refractivity contribution >= 4 is 19.8 Å². The fourth-order valence-electron chi connectivity index (χ4n) is 0.784. The number of hydrogen-bond acceptors (Lipinski definition) is 0. The Morgan fingerprint density at radius 3 is 2.75 bits per heavy atom. The van der Waals surface area contributed by atoms with Crippen molar-refractivity contribution in [2.45, 2.75) is 31.4 Å². The van der Waals surface area contributed by atoms with Crippen molar-refractivity contribution in [3.63, 3.8) is 0 Å². The zero-order chi connectivity index (χ0) is 6.41. The van der Waals surface area contributed by atoms with E-state index in [1.165, 1.54) is 12.8 Å². The SMILES string of the molecule is [CH2][CH]=[GeH][CH](C)CCC. The second-order valence-corrected chi connectivity index (χ2v) is 6.38. The molecule has 1 radical (unpaired) electrons. The Morgan fingerprint density at radius 1 is 1.75 bits per heavy atom. The molecule has 0 aliphatic carbocycles. The molecule has 47 valence electrons. The Hall–Kier alpha value is 0.413. The van der Waals surface area contributed by atoms with Crippen LogP contribution in [0.15, 0.2) is 0 Å². The van der Waals surface area contributed by atoms with E-state index in [2.05, 4.69) is 25.6 Å². The summed E-state index contributed by atoms with van der Waals surface area (Å²) >= 11 is -0.0355. The van der Waals surface area contributed by atoms with Gasteiger partial charge in [-0.2, -0.15) is 0 Å². The van der Waals surface area contributed by atoms with Gasteiger partial charge in [-0.05, 0) is 0 Å². The molecule has 1 heteroatoms. The van der Waals surface area contributed by atoms with Crippen LogP contribution in [0.25, 0.3) is 0 Å². The van der Waals surface area contributed by atoms with Gasteiger partial charge in [0.15, 0.2) is 0 Å². The van der Waals surface area contributed by atoms with E-state index < -0.39 is 0 Å². The third-order valence-corrected chi connectivity index (χ3v) is 3.86. The summed E-state index contributed by atoms with van der Waals surface area (Å²) in [6, 6.07) is 0. The van der Waals surface area contributed by atoms with E-state index in [1.807, 2.05) is 0 Å². The van der Waals surface area contributed by atoms with Crippen LogP contribution in [-0.4, -0.2) is 19.8 Å². The first-order valence-corrected chi connectivity index (χ1v) is 6.07. The molecule has 0 heterocycles. The van der Waals surface area contributed by atoms with Gasteiger partial charge >= 0.3 is 58.2 Å². The summed E-state index contributed by atoms with van der Waals surface area (Å²) in [5.41, 5.74) is 0. The zero-order valence-corrected chi connectivity index (χ0v) is 8.28. The number of hydrogen-bond donors (Lipinski definition) is 0. The van der Waals surface area contributed by atoms with Gasteiger partial charge in [0, 0.05) is 0 Å². The molecule has 0 aromatic heterocycles. The molecule has 1 unspecified atom stereocenters. The standard InChI is InChI=1S/C7H15Ge/c1-4-6-7(3)8-5-2/h5,7-8H,2,4,6H2,1,3H3. The molecule has 0 fully saturated rings. The molecule has 0 rings (SSSR count). The van der Waals surface area contributed by atoms with Gasteiger partial charge < -0.3 is 0 Å². The molecule has 0 spiro atoms. The normalized spacial score (nSPS) is 14.9. The summed E-state index contributed by atoms with van der Waals surface area (Å²) in [5, 5.41) is 0. The van der Waals surface area contributed by atoms with Crippen molar-refractivity contribution in [3.05, 3.63) is 6.92 Å². The Kier molecular flexibility index (Phi) is 5.83. The summed E-state index contributed by atoms with van der Waals surface area (Å²) in [5.74, 6) is 0. The average Bonchev–Trinajstić information content (AvgIpc) is 1.68. The Balaban J connectivity index is 3.17. The minimum absolute atomic E-state index is 0.0355. The minimum atomic E-state index is -0.0355. The topological polar surface area (TPSA) is 0 Å². The molecule has 8 heavy (non-hydrogen) atoms. The fraction of sp³-hybridized carbons (Fsp3) is 0.714. The van der Waals surface area contributed by atoms with Crippen LogP contribution in [0.5, 0.6) is 0 Å². The second kappa shape index (κ2) is 5.55. The summed E-state index contributed by atoms with van der Waals surface area (Å²) in [7, 11) is 0. The van der Waals surface area contributed by atoms with Gasteiger partial charge in [-0.1, -0.05) is 0 Å². The Bertz CT molecular complexity index is 66.8. The maximum atomic E-state index is 3.75. The van der Waals surface area contributed by atoms with Crippen molar-refractivity contribution in [2.75, 3.05) is 0 Å². The molecule has 0 aliphatic rings. The molecule has 0 amide bonds. The van der Waals surface area contributed by atoms with E-state index in [-0.39, 0.29) is 15.0 Å². The van der Waals surface area contributed by atoms with Crippen LogP contribution in [0.3, 0.4) is 0 Å². The van der Waals surface area contributed by atoms with Crippen LogP contribution in [0.4, 0.5) is 0 Å². The monoisotopic (exact) mass is 173 g/mol. The van der Waals surface area contributed by atoms with E-state index in [1.54, 1.807) is 0 Å². The van der Waals surface area contributed by atoms with Crippen LogP contribution >= 0.6 is 0 Å². The predicted octanol–water partition coefficient (Wildman–Crippen LogP) is 1.67. The first kappa shape index (κ1) is 8.41. The van der Waals surface area contributed by atoms with E-state index in [9.17, 15) is 0 Å². The molecule has 0 N–H and O–H groups in total. The van der Waals surface area contributed by atoms with Crippen molar-refractivity contribution < 1.29 is 0 Å². The molecule has 0 aliphatic heterocycles. The fourth-order valence-corrected chi connectivity index (χ4v) is 2.86. The summed E-state index contributed by atoms with van der Waals surface area (Å²) < 4.78 is 1.00. The average molecular weight is 172 g/mol. The molecule has 0 saturated carbocycles. The maximum absolute atomic E-state index is 3.75. The summed E-state index contributed by atoms with van der Waals surface area (Å²) in [4.78, 5) is 2.16. The third-order valence-electron chi connectivity index (χ3n) is 1.21. The van der Waals surface area contributed by atoms with E-state index in [0.717, 1.165) is 4.75 Å². The first-order chi connectivity index (χ1) is 3.81. The molecule has 1 atom stereocenters. The van der Waals surface area contributed by atoms with Crippen LogP contribution in [0, 0.1) is 6.92 Å². The first-order valence-electron chi connectivity index (χ1n) is 3.27. The molecule has 0 aromatic carbocycles. The van der Waals surface area contributed by atoms with Gasteiger partial charge in [-0.3, -0.25) is 0 Å². The number of rotatable bonds is 3. The predicted molar refractivity (Wildman–Crippen MR) is 42.9 cm³/mol. The van der Waals surface area contributed by atoms with Gasteiger partial charge in [-0.25, -0.2) is 0 Å². The molecule has 0 saturated heterocycles.